The summed E-state index contributed by atoms with van der Waals surface area (Å²) in [6.07, 6.45) is 1.85. The van der Waals surface area contributed by atoms with Crippen LogP contribution >= 0.6 is 0 Å². The van der Waals surface area contributed by atoms with E-state index in [-0.39, 0.29) is 12.7 Å². The average Bonchev–Trinajstić information content (AvgIpc) is 2.64. The molecule has 3 N–H and O–H groups in total. The normalized spacial score (nSPS) is 14.0. The Bertz CT molecular complexity index is 532. The Labute approximate surface area is 164 Å². The molecular weight excluding hydrogens is 342 g/mol. The smallest absolute Gasteiger partial charge is 0.191 e. The van der Waals surface area contributed by atoms with E-state index in [1.165, 1.54) is 0 Å². The molecule has 2 atom stereocenters. The van der Waals surface area contributed by atoms with Crippen LogP contribution in [-0.2, 0) is 0 Å². The summed E-state index contributed by atoms with van der Waals surface area (Å²) in [7, 11) is 1.65. The minimum absolute atomic E-state index is 0.00819. The molecule has 1 aromatic carbocycles. The van der Waals surface area contributed by atoms with Crippen LogP contribution < -0.4 is 20.1 Å². The third-order valence-corrected chi connectivity index (χ3v) is 4.15. The minimum Gasteiger partial charge on any atom is -0.497 e. The van der Waals surface area contributed by atoms with Gasteiger partial charge in [0.2, 0.25) is 0 Å². The summed E-state index contributed by atoms with van der Waals surface area (Å²) in [5.74, 6) is 3.42. The van der Waals surface area contributed by atoms with E-state index in [1.54, 1.807) is 7.11 Å². The lowest BCUT2D eigenvalue weighted by Crippen LogP contribution is -2.42. The maximum absolute atomic E-state index is 9.26. The van der Waals surface area contributed by atoms with Crippen molar-refractivity contribution in [3.63, 3.8) is 0 Å². The van der Waals surface area contributed by atoms with E-state index in [9.17, 15) is 5.11 Å². The fourth-order valence-electron chi connectivity index (χ4n) is 2.86. The number of aliphatic hydroxyl groups excluding tert-OH is 1. The number of benzene rings is 1. The van der Waals surface area contributed by atoms with Gasteiger partial charge in [0.25, 0.3) is 0 Å². The lowest BCUT2D eigenvalue weighted by atomic mass is 9.94. The molecule has 0 heterocycles. The third-order valence-electron chi connectivity index (χ3n) is 4.15. The molecule has 6 nitrogen and oxygen atoms in total. The highest BCUT2D eigenvalue weighted by atomic mass is 16.5. The molecule has 0 aliphatic carbocycles. The fourth-order valence-corrected chi connectivity index (χ4v) is 2.86. The van der Waals surface area contributed by atoms with Crippen molar-refractivity contribution in [2.45, 2.75) is 46.6 Å². The molecule has 27 heavy (non-hydrogen) atoms. The molecule has 0 aliphatic heterocycles. The second kappa shape index (κ2) is 13.3. The van der Waals surface area contributed by atoms with Gasteiger partial charge in [-0.15, -0.1) is 0 Å². The number of guanidine groups is 1. The van der Waals surface area contributed by atoms with Crippen molar-refractivity contribution < 1.29 is 14.6 Å². The summed E-state index contributed by atoms with van der Waals surface area (Å²) < 4.78 is 11.1. The van der Waals surface area contributed by atoms with Crippen LogP contribution in [0.15, 0.2) is 29.3 Å². The Morgan fingerprint density at radius 2 is 1.78 bits per heavy atom. The number of methoxy groups -OCH3 is 1. The molecule has 1 aromatic rings. The molecule has 2 unspecified atom stereocenters. The van der Waals surface area contributed by atoms with Gasteiger partial charge in [-0.05, 0) is 62.8 Å². The second-order valence-corrected chi connectivity index (χ2v) is 7.21. The topological polar surface area (TPSA) is 75.1 Å². The number of nitrogens with one attached hydrogen (secondary N) is 2. The first-order chi connectivity index (χ1) is 13.0. The standard InChI is InChI=1S/C21H37N3O3/c1-6-22-21(24-15-18(11-12-25)13-16(2)3)23-14-17(4)27-20-9-7-19(26-5)8-10-20/h7-10,16-18,25H,6,11-15H2,1-5H3,(H2,22,23,24). The number of nitrogens with zero attached hydrogens (tertiary/aromatic N) is 1. The Hall–Kier alpha value is -1.95. The Morgan fingerprint density at radius 3 is 2.33 bits per heavy atom. The molecule has 6 heteroatoms. The summed E-state index contributed by atoms with van der Waals surface area (Å²) in [5.41, 5.74) is 0. The van der Waals surface area contributed by atoms with Crippen LogP contribution in [0.2, 0.25) is 0 Å². The number of rotatable bonds is 12. The molecule has 0 aliphatic rings. The maximum Gasteiger partial charge on any atom is 0.191 e. The molecule has 0 aromatic heterocycles. The first-order valence-corrected chi connectivity index (χ1v) is 9.92. The van der Waals surface area contributed by atoms with Crippen LogP contribution in [-0.4, -0.2) is 50.5 Å². The Balaban J connectivity index is 2.53. The summed E-state index contributed by atoms with van der Waals surface area (Å²) in [6, 6.07) is 7.58. The van der Waals surface area contributed by atoms with Gasteiger partial charge < -0.3 is 25.2 Å². The van der Waals surface area contributed by atoms with E-state index in [0.717, 1.165) is 36.8 Å². The van der Waals surface area contributed by atoms with E-state index >= 15 is 0 Å². The minimum atomic E-state index is -0.00819. The van der Waals surface area contributed by atoms with Crippen LogP contribution in [0.4, 0.5) is 0 Å². The fraction of sp³-hybridized carbons (Fsp3) is 0.667. The zero-order valence-corrected chi connectivity index (χ0v) is 17.5. The van der Waals surface area contributed by atoms with Gasteiger partial charge in [-0.1, -0.05) is 13.8 Å². The summed E-state index contributed by atoms with van der Waals surface area (Å²) in [5, 5.41) is 15.9. The summed E-state index contributed by atoms with van der Waals surface area (Å²) in [4.78, 5) is 4.70. The molecular formula is C21H37N3O3. The molecule has 0 saturated carbocycles. The average molecular weight is 380 g/mol. The van der Waals surface area contributed by atoms with Crippen LogP contribution in [0, 0.1) is 11.8 Å². The van der Waals surface area contributed by atoms with E-state index in [0.29, 0.717) is 24.9 Å². The van der Waals surface area contributed by atoms with E-state index in [1.807, 2.05) is 38.1 Å². The second-order valence-electron chi connectivity index (χ2n) is 7.21. The van der Waals surface area contributed by atoms with Gasteiger partial charge in [-0.3, -0.25) is 4.99 Å². The maximum atomic E-state index is 9.26. The molecule has 0 amide bonds. The number of hydrogen-bond donors (Lipinski definition) is 3. The van der Waals surface area contributed by atoms with Crippen molar-refractivity contribution in [3.8, 4) is 11.5 Å². The van der Waals surface area contributed by atoms with Crippen LogP contribution in [0.3, 0.4) is 0 Å². The predicted octanol–water partition coefficient (Wildman–Crippen LogP) is 3.06. The molecule has 0 bridgehead atoms. The van der Waals surface area contributed by atoms with Crippen molar-refractivity contribution in [1.82, 2.24) is 10.6 Å². The number of aliphatic imine (C=N–C) groups is 1. The third kappa shape index (κ3) is 10.1. The first kappa shape index (κ1) is 23.1. The Kier molecular flexibility index (Phi) is 11.3. The lowest BCUT2D eigenvalue weighted by Gasteiger charge is -2.19. The number of hydrogen-bond acceptors (Lipinski definition) is 4. The highest BCUT2D eigenvalue weighted by molar-refractivity contribution is 5.79. The van der Waals surface area contributed by atoms with Gasteiger partial charge in [-0.2, -0.15) is 0 Å². The van der Waals surface area contributed by atoms with Crippen molar-refractivity contribution in [1.29, 1.82) is 0 Å². The van der Waals surface area contributed by atoms with Crippen LogP contribution in [0.5, 0.6) is 11.5 Å². The summed E-state index contributed by atoms with van der Waals surface area (Å²) >= 11 is 0. The van der Waals surface area contributed by atoms with Gasteiger partial charge in [0.1, 0.15) is 17.6 Å². The molecule has 1 rings (SSSR count). The van der Waals surface area contributed by atoms with E-state index < -0.39 is 0 Å². The lowest BCUT2D eigenvalue weighted by molar-refractivity contribution is 0.223. The monoisotopic (exact) mass is 379 g/mol. The predicted molar refractivity (Wildman–Crippen MR) is 112 cm³/mol. The van der Waals surface area contributed by atoms with Gasteiger partial charge in [-0.25, -0.2) is 0 Å². The van der Waals surface area contributed by atoms with Gasteiger partial charge in [0, 0.05) is 19.7 Å². The van der Waals surface area contributed by atoms with Crippen molar-refractivity contribution in [2.24, 2.45) is 16.8 Å². The quantitative estimate of drug-likeness (QED) is 0.384. The van der Waals surface area contributed by atoms with E-state index in [4.69, 9.17) is 14.5 Å². The SMILES string of the molecule is CCNC(=NCC(CCO)CC(C)C)NCC(C)Oc1ccc(OC)cc1. The zero-order valence-electron chi connectivity index (χ0n) is 17.5. The van der Waals surface area contributed by atoms with Gasteiger partial charge in [0.15, 0.2) is 5.96 Å². The number of ether oxygens (including phenoxy) is 2. The summed E-state index contributed by atoms with van der Waals surface area (Å²) in [6.45, 7) is 10.8. The Morgan fingerprint density at radius 1 is 1.11 bits per heavy atom. The largest absolute Gasteiger partial charge is 0.497 e. The zero-order chi connectivity index (χ0) is 20.1. The first-order valence-electron chi connectivity index (χ1n) is 9.92. The van der Waals surface area contributed by atoms with Crippen molar-refractivity contribution in [2.75, 3.05) is 33.4 Å². The molecule has 0 fully saturated rings. The molecule has 154 valence electrons. The van der Waals surface area contributed by atoms with Gasteiger partial charge >= 0.3 is 0 Å². The molecule has 0 saturated heterocycles. The molecule has 0 spiro atoms. The number of aliphatic hydroxyl groups is 1. The van der Waals surface area contributed by atoms with E-state index in [2.05, 4.69) is 24.5 Å². The van der Waals surface area contributed by atoms with Crippen molar-refractivity contribution in [3.05, 3.63) is 24.3 Å². The highest BCUT2D eigenvalue weighted by Gasteiger charge is 2.11. The van der Waals surface area contributed by atoms with Crippen LogP contribution in [0.1, 0.15) is 40.5 Å². The van der Waals surface area contributed by atoms with Crippen molar-refractivity contribution >= 4 is 5.96 Å². The highest BCUT2D eigenvalue weighted by Crippen LogP contribution is 2.18. The van der Waals surface area contributed by atoms with Crippen LogP contribution in [0.25, 0.3) is 0 Å². The van der Waals surface area contributed by atoms with Gasteiger partial charge in [0.05, 0.1) is 13.7 Å². The molecule has 0 radical (unpaired) electrons.